The van der Waals surface area contributed by atoms with Gasteiger partial charge < -0.3 is 9.47 Å². The third-order valence-corrected chi connectivity index (χ3v) is 3.15. The van der Waals surface area contributed by atoms with Crippen LogP contribution < -0.4 is 0 Å². The minimum Gasteiger partial charge on any atom is -0.468 e. The van der Waals surface area contributed by atoms with E-state index in [1.807, 2.05) is 30.3 Å². The molecule has 0 bridgehead atoms. The van der Waals surface area contributed by atoms with E-state index < -0.39 is 17.4 Å². The summed E-state index contributed by atoms with van der Waals surface area (Å²) in [5.74, 6) is 4.50. The fourth-order valence-electron chi connectivity index (χ4n) is 2.16. The van der Waals surface area contributed by atoms with Crippen molar-refractivity contribution >= 4 is 11.9 Å². The topological polar surface area (TPSA) is 52.6 Å². The maximum atomic E-state index is 12.2. The number of rotatable bonds is 5. The third kappa shape index (κ3) is 4.23. The number of ether oxygens (including phenoxy) is 2. The molecule has 4 nitrogen and oxygen atoms in total. The summed E-state index contributed by atoms with van der Waals surface area (Å²) in [6, 6.07) is 9.32. The normalized spacial score (nSPS) is 10.1. The first kappa shape index (κ1) is 17.5. The van der Waals surface area contributed by atoms with E-state index in [1.165, 1.54) is 14.2 Å². The van der Waals surface area contributed by atoms with Gasteiger partial charge in [-0.25, -0.2) is 0 Å². The molecule has 0 atom stereocenters. The predicted molar refractivity (Wildman–Crippen MR) is 83.8 cm³/mol. The van der Waals surface area contributed by atoms with Gasteiger partial charge in [-0.05, 0) is 25.5 Å². The second-order valence-electron chi connectivity index (χ2n) is 5.04. The summed E-state index contributed by atoms with van der Waals surface area (Å²) in [6.45, 7) is 5.52. The summed E-state index contributed by atoms with van der Waals surface area (Å²) in [4.78, 5) is 24.4. The van der Waals surface area contributed by atoms with E-state index in [9.17, 15) is 9.59 Å². The monoisotopic (exact) mass is 300 g/mol. The Kier molecular flexibility index (Phi) is 6.40. The molecule has 0 saturated carbocycles. The zero-order valence-electron chi connectivity index (χ0n) is 13.1. The van der Waals surface area contributed by atoms with Crippen molar-refractivity contribution in [1.29, 1.82) is 0 Å². The Morgan fingerprint density at radius 2 is 1.68 bits per heavy atom. The first-order chi connectivity index (χ1) is 10.5. The largest absolute Gasteiger partial charge is 0.468 e. The van der Waals surface area contributed by atoms with Crippen LogP contribution in [0, 0.1) is 17.3 Å². The molecule has 0 aromatic heterocycles. The molecule has 116 valence electrons. The molecule has 0 spiro atoms. The Bertz CT molecular complexity index is 589. The molecule has 0 heterocycles. The van der Waals surface area contributed by atoms with E-state index in [2.05, 4.69) is 18.4 Å². The van der Waals surface area contributed by atoms with Crippen molar-refractivity contribution in [2.24, 2.45) is 5.41 Å². The highest BCUT2D eigenvalue weighted by molar-refractivity contribution is 6.00. The van der Waals surface area contributed by atoms with E-state index in [0.29, 0.717) is 5.57 Å². The molecular weight excluding hydrogens is 280 g/mol. The molecule has 4 heteroatoms. The smallest absolute Gasteiger partial charge is 0.324 e. The summed E-state index contributed by atoms with van der Waals surface area (Å²) in [5, 5.41) is 0. The van der Waals surface area contributed by atoms with E-state index in [1.54, 1.807) is 6.92 Å². The van der Waals surface area contributed by atoms with Crippen molar-refractivity contribution in [3.05, 3.63) is 48.0 Å². The third-order valence-electron chi connectivity index (χ3n) is 3.15. The molecule has 0 N–H and O–H groups in total. The van der Waals surface area contributed by atoms with Gasteiger partial charge in [0.1, 0.15) is 0 Å². The number of esters is 2. The molecule has 1 rings (SSSR count). The highest BCUT2D eigenvalue weighted by Crippen LogP contribution is 2.33. The Hall–Kier alpha value is -2.54. The van der Waals surface area contributed by atoms with Gasteiger partial charge >= 0.3 is 11.9 Å². The van der Waals surface area contributed by atoms with Crippen molar-refractivity contribution < 1.29 is 19.1 Å². The molecule has 0 fully saturated rings. The quantitative estimate of drug-likeness (QED) is 0.363. The SMILES string of the molecule is C=C(C)CC(CC#Cc1ccccc1)(C(=O)OC)C(=O)OC. The molecule has 1 aromatic carbocycles. The number of methoxy groups -OCH3 is 2. The second kappa shape index (κ2) is 8.04. The molecule has 22 heavy (non-hydrogen) atoms. The summed E-state index contributed by atoms with van der Waals surface area (Å²) in [7, 11) is 2.48. The van der Waals surface area contributed by atoms with Gasteiger partial charge in [-0.1, -0.05) is 35.6 Å². The number of carbonyl (C=O) groups excluding carboxylic acids is 2. The van der Waals surface area contributed by atoms with Crippen LogP contribution in [0.5, 0.6) is 0 Å². The fourth-order valence-corrected chi connectivity index (χ4v) is 2.16. The van der Waals surface area contributed by atoms with Crippen LogP contribution in [0.3, 0.4) is 0 Å². The van der Waals surface area contributed by atoms with Crippen molar-refractivity contribution in [1.82, 2.24) is 0 Å². The Morgan fingerprint density at radius 3 is 2.14 bits per heavy atom. The van der Waals surface area contributed by atoms with Gasteiger partial charge in [0.05, 0.1) is 14.2 Å². The Balaban J connectivity index is 3.14. The molecule has 0 radical (unpaired) electrons. The molecular formula is C18H20O4. The number of hydrogen-bond donors (Lipinski definition) is 0. The maximum Gasteiger partial charge on any atom is 0.324 e. The predicted octanol–water partition coefficient (Wildman–Crippen LogP) is 2.73. The van der Waals surface area contributed by atoms with E-state index in [4.69, 9.17) is 9.47 Å². The minimum absolute atomic E-state index is 0.00804. The van der Waals surface area contributed by atoms with Crippen LogP contribution in [-0.2, 0) is 19.1 Å². The molecule has 0 aliphatic carbocycles. The van der Waals surface area contributed by atoms with Crippen LogP contribution in [-0.4, -0.2) is 26.2 Å². The Labute approximate surface area is 131 Å². The van der Waals surface area contributed by atoms with Gasteiger partial charge in [0.2, 0.25) is 0 Å². The first-order valence-corrected chi connectivity index (χ1v) is 6.81. The first-order valence-electron chi connectivity index (χ1n) is 6.81. The van der Waals surface area contributed by atoms with E-state index in [-0.39, 0.29) is 12.8 Å². The lowest BCUT2D eigenvalue weighted by molar-refractivity contribution is -0.168. The molecule has 0 unspecified atom stereocenters. The van der Waals surface area contributed by atoms with Crippen molar-refractivity contribution in [3.63, 3.8) is 0 Å². The highest BCUT2D eigenvalue weighted by Gasteiger charge is 2.47. The van der Waals surface area contributed by atoms with Crippen LogP contribution in [0.25, 0.3) is 0 Å². The second-order valence-corrected chi connectivity index (χ2v) is 5.04. The number of allylic oxidation sites excluding steroid dienone is 1. The average molecular weight is 300 g/mol. The summed E-state index contributed by atoms with van der Waals surface area (Å²) in [6.07, 6.45) is 0.143. The van der Waals surface area contributed by atoms with Crippen molar-refractivity contribution in [3.8, 4) is 11.8 Å². The van der Waals surface area contributed by atoms with Gasteiger partial charge in [0.25, 0.3) is 0 Å². The van der Waals surface area contributed by atoms with Gasteiger partial charge in [0, 0.05) is 12.0 Å². The molecule has 0 aliphatic rings. The fraction of sp³-hybridized carbons (Fsp3) is 0.333. The number of carbonyl (C=O) groups is 2. The summed E-state index contributed by atoms with van der Waals surface area (Å²) < 4.78 is 9.59. The molecule has 0 aliphatic heterocycles. The molecule has 1 aromatic rings. The zero-order valence-corrected chi connectivity index (χ0v) is 13.1. The van der Waals surface area contributed by atoms with Crippen LogP contribution in [0.2, 0.25) is 0 Å². The molecule has 0 amide bonds. The van der Waals surface area contributed by atoms with Crippen molar-refractivity contribution in [2.45, 2.75) is 19.8 Å². The average Bonchev–Trinajstić information content (AvgIpc) is 2.52. The lowest BCUT2D eigenvalue weighted by atomic mass is 9.79. The van der Waals surface area contributed by atoms with Crippen LogP contribution in [0.1, 0.15) is 25.3 Å². The van der Waals surface area contributed by atoms with Crippen LogP contribution in [0.15, 0.2) is 42.5 Å². The Morgan fingerprint density at radius 1 is 1.14 bits per heavy atom. The maximum absolute atomic E-state index is 12.2. The van der Waals surface area contributed by atoms with Gasteiger partial charge in [0.15, 0.2) is 5.41 Å². The van der Waals surface area contributed by atoms with E-state index in [0.717, 1.165) is 5.56 Å². The van der Waals surface area contributed by atoms with Gasteiger partial charge in [-0.15, -0.1) is 6.58 Å². The number of hydrogen-bond acceptors (Lipinski definition) is 4. The minimum atomic E-state index is -1.48. The standard InChI is InChI=1S/C18H20O4/c1-14(2)13-18(16(19)21-3,17(20)22-4)12-8-11-15-9-6-5-7-10-15/h5-7,9-10H,1,12-13H2,2-4H3. The van der Waals surface area contributed by atoms with Gasteiger partial charge in [-0.2, -0.15) is 0 Å². The van der Waals surface area contributed by atoms with Crippen LogP contribution >= 0.6 is 0 Å². The van der Waals surface area contributed by atoms with Crippen LogP contribution in [0.4, 0.5) is 0 Å². The van der Waals surface area contributed by atoms with Gasteiger partial charge in [-0.3, -0.25) is 9.59 Å². The van der Waals surface area contributed by atoms with Crippen molar-refractivity contribution in [2.75, 3.05) is 14.2 Å². The molecule has 0 saturated heterocycles. The lowest BCUT2D eigenvalue weighted by Crippen LogP contribution is -2.41. The van der Waals surface area contributed by atoms with E-state index >= 15 is 0 Å². The number of benzene rings is 1. The highest BCUT2D eigenvalue weighted by atomic mass is 16.5. The summed E-state index contributed by atoms with van der Waals surface area (Å²) in [5.41, 5.74) is 0.00988. The summed E-state index contributed by atoms with van der Waals surface area (Å²) >= 11 is 0. The lowest BCUT2D eigenvalue weighted by Gasteiger charge is -2.26. The zero-order chi connectivity index (χ0) is 16.6.